The van der Waals surface area contributed by atoms with Crippen LogP contribution in [0.25, 0.3) is 0 Å². The van der Waals surface area contributed by atoms with E-state index in [9.17, 15) is 9.59 Å². The first-order chi connectivity index (χ1) is 13.5. The summed E-state index contributed by atoms with van der Waals surface area (Å²) in [4.78, 5) is 24.6. The number of hydrogen-bond acceptors (Lipinski definition) is 3. The summed E-state index contributed by atoms with van der Waals surface area (Å²) in [5.74, 6) is 1.30. The van der Waals surface area contributed by atoms with E-state index in [1.165, 1.54) is 0 Å². The van der Waals surface area contributed by atoms with Crippen LogP contribution in [-0.4, -0.2) is 24.8 Å². The molecule has 4 unspecified atom stereocenters. The van der Waals surface area contributed by atoms with Crippen LogP contribution in [0.1, 0.15) is 65.9 Å². The van der Waals surface area contributed by atoms with Crippen LogP contribution in [0.15, 0.2) is 24.3 Å². The molecule has 1 fully saturated rings. The molecule has 4 atom stereocenters. The quantitative estimate of drug-likeness (QED) is 0.597. The maximum atomic E-state index is 12.9. The number of benzene rings is 1. The van der Waals surface area contributed by atoms with Gasteiger partial charge in [0.2, 0.25) is 5.91 Å². The Labute approximate surface area is 181 Å². The smallest absolute Gasteiger partial charge is 0.230 e. The lowest BCUT2D eigenvalue weighted by molar-refractivity contribution is -0.126. The van der Waals surface area contributed by atoms with Gasteiger partial charge in [0.15, 0.2) is 0 Å². The van der Waals surface area contributed by atoms with E-state index in [-0.39, 0.29) is 23.3 Å². The minimum absolute atomic E-state index is 0.0528. The predicted molar refractivity (Wildman–Crippen MR) is 120 cm³/mol. The van der Waals surface area contributed by atoms with Crippen LogP contribution in [0.2, 0.25) is 5.02 Å². The van der Waals surface area contributed by atoms with Crippen molar-refractivity contribution in [2.24, 2.45) is 28.9 Å². The molecule has 1 aromatic rings. The Balaban J connectivity index is 2.00. The number of amides is 1. The van der Waals surface area contributed by atoms with Crippen molar-refractivity contribution in [3.63, 3.8) is 0 Å². The van der Waals surface area contributed by atoms with Gasteiger partial charge >= 0.3 is 0 Å². The zero-order valence-corrected chi connectivity index (χ0v) is 19.3. The van der Waals surface area contributed by atoms with Crippen molar-refractivity contribution in [1.82, 2.24) is 5.32 Å². The third kappa shape index (κ3) is 6.29. The number of hydrogen-bond donors (Lipinski definition) is 2. The first kappa shape index (κ1) is 23.9. The summed E-state index contributed by atoms with van der Waals surface area (Å²) >= 11 is 5.97. The maximum absolute atomic E-state index is 12.9. The Bertz CT molecular complexity index is 701. The average Bonchev–Trinajstić information content (AvgIpc) is 2.65. The number of rotatable bonds is 8. The second-order valence-corrected chi connectivity index (χ2v) is 10.6. The number of nitrogens with two attached hydrogens (primary N) is 1. The molecule has 0 spiro atoms. The van der Waals surface area contributed by atoms with Gasteiger partial charge in [-0.2, -0.15) is 0 Å². The van der Waals surface area contributed by atoms with Crippen LogP contribution in [-0.2, 0) is 15.0 Å². The summed E-state index contributed by atoms with van der Waals surface area (Å²) in [5, 5.41) is 3.70. The van der Waals surface area contributed by atoms with E-state index in [2.05, 4.69) is 26.1 Å². The molecule has 4 nitrogen and oxygen atoms in total. The molecule has 1 amide bonds. The van der Waals surface area contributed by atoms with Gasteiger partial charge in [-0.3, -0.25) is 4.79 Å². The Morgan fingerprint density at radius 2 is 1.93 bits per heavy atom. The lowest BCUT2D eigenvalue weighted by atomic mass is 9.64. The number of carbonyl (C=O) groups is 2. The van der Waals surface area contributed by atoms with Gasteiger partial charge in [-0.15, -0.1) is 0 Å². The monoisotopic (exact) mass is 420 g/mol. The van der Waals surface area contributed by atoms with E-state index in [0.29, 0.717) is 23.4 Å². The summed E-state index contributed by atoms with van der Waals surface area (Å²) in [5.41, 5.74) is 6.45. The summed E-state index contributed by atoms with van der Waals surface area (Å²) in [6.45, 7) is 10.7. The fourth-order valence-corrected chi connectivity index (χ4v) is 4.93. The lowest BCUT2D eigenvalue weighted by Crippen LogP contribution is -2.49. The maximum Gasteiger partial charge on any atom is 0.230 e. The van der Waals surface area contributed by atoms with Gasteiger partial charge < -0.3 is 15.8 Å². The fourth-order valence-electron chi connectivity index (χ4n) is 4.80. The number of halogens is 1. The standard InChI is InChI=1S/C24H37ClN2O2/c1-16(2)10-17-11-18(13-24(5,12-17)15-28)21(26)14-27-22(29)23(3,4)19-6-8-20(25)9-7-19/h6-9,15-18,21H,10-14,26H2,1-5H3,(H,27,29). The molecule has 0 aromatic heterocycles. The Hall–Kier alpha value is -1.39. The normalized spacial score (nSPS) is 26.2. The van der Waals surface area contributed by atoms with E-state index in [0.717, 1.165) is 37.5 Å². The second-order valence-electron chi connectivity index (χ2n) is 10.2. The number of aldehydes is 1. The minimum atomic E-state index is -0.672. The molecule has 0 bridgehead atoms. The van der Waals surface area contributed by atoms with Crippen LogP contribution >= 0.6 is 11.6 Å². The van der Waals surface area contributed by atoms with Crippen molar-refractivity contribution in [2.45, 2.75) is 71.8 Å². The fraction of sp³-hybridized carbons (Fsp3) is 0.667. The van der Waals surface area contributed by atoms with Gasteiger partial charge in [0.25, 0.3) is 0 Å². The van der Waals surface area contributed by atoms with Crippen LogP contribution in [0.4, 0.5) is 0 Å². The molecule has 29 heavy (non-hydrogen) atoms. The predicted octanol–water partition coefficient (Wildman–Crippen LogP) is 4.73. The molecule has 0 aliphatic heterocycles. The number of carbonyl (C=O) groups excluding carboxylic acids is 2. The molecule has 1 saturated carbocycles. The number of nitrogens with one attached hydrogen (secondary N) is 1. The highest BCUT2D eigenvalue weighted by atomic mass is 35.5. The largest absolute Gasteiger partial charge is 0.354 e. The van der Waals surface area contributed by atoms with Crippen LogP contribution in [0, 0.1) is 23.2 Å². The molecule has 162 valence electrons. The highest BCUT2D eigenvalue weighted by Crippen LogP contribution is 2.44. The molecule has 2 rings (SSSR count). The topological polar surface area (TPSA) is 72.2 Å². The molecule has 1 aliphatic carbocycles. The first-order valence-electron chi connectivity index (χ1n) is 10.7. The summed E-state index contributed by atoms with van der Waals surface area (Å²) in [6.07, 6.45) is 4.99. The van der Waals surface area contributed by atoms with Gasteiger partial charge in [0.05, 0.1) is 5.41 Å². The molecule has 3 N–H and O–H groups in total. The van der Waals surface area contributed by atoms with E-state index in [1.807, 2.05) is 26.0 Å². The molecular formula is C24H37ClN2O2. The molecule has 1 aromatic carbocycles. The van der Waals surface area contributed by atoms with Crippen LogP contribution in [0.3, 0.4) is 0 Å². The van der Waals surface area contributed by atoms with E-state index in [1.54, 1.807) is 12.1 Å². The third-order valence-electron chi connectivity index (χ3n) is 6.45. The summed E-state index contributed by atoms with van der Waals surface area (Å²) in [6, 6.07) is 7.21. The van der Waals surface area contributed by atoms with Gasteiger partial charge in [0, 0.05) is 23.0 Å². The average molecular weight is 421 g/mol. The summed E-state index contributed by atoms with van der Waals surface area (Å²) < 4.78 is 0. The zero-order valence-electron chi connectivity index (χ0n) is 18.5. The van der Waals surface area contributed by atoms with Gasteiger partial charge in [-0.1, -0.05) is 44.5 Å². The van der Waals surface area contributed by atoms with Crippen molar-refractivity contribution in [3.05, 3.63) is 34.9 Å². The zero-order chi connectivity index (χ0) is 21.8. The van der Waals surface area contributed by atoms with Crippen molar-refractivity contribution < 1.29 is 9.59 Å². The van der Waals surface area contributed by atoms with Crippen LogP contribution in [0.5, 0.6) is 0 Å². The van der Waals surface area contributed by atoms with E-state index < -0.39 is 5.41 Å². The minimum Gasteiger partial charge on any atom is -0.354 e. The Kier molecular flexibility index (Phi) is 7.92. The molecule has 5 heteroatoms. The molecular weight excluding hydrogens is 384 g/mol. The molecule has 0 heterocycles. The first-order valence-corrected chi connectivity index (χ1v) is 11.1. The van der Waals surface area contributed by atoms with Crippen molar-refractivity contribution in [3.8, 4) is 0 Å². The highest BCUT2D eigenvalue weighted by molar-refractivity contribution is 6.30. The Morgan fingerprint density at radius 3 is 2.48 bits per heavy atom. The second kappa shape index (κ2) is 9.61. The molecule has 0 saturated heterocycles. The van der Waals surface area contributed by atoms with E-state index >= 15 is 0 Å². The van der Waals surface area contributed by atoms with Crippen molar-refractivity contribution in [2.75, 3.05) is 6.54 Å². The highest BCUT2D eigenvalue weighted by Gasteiger charge is 2.39. The van der Waals surface area contributed by atoms with Crippen molar-refractivity contribution >= 4 is 23.8 Å². The summed E-state index contributed by atoms with van der Waals surface area (Å²) in [7, 11) is 0. The van der Waals surface area contributed by atoms with Crippen molar-refractivity contribution in [1.29, 1.82) is 0 Å². The molecule has 0 radical (unpaired) electrons. The lowest BCUT2D eigenvalue weighted by Gasteiger charge is -2.42. The third-order valence-corrected chi connectivity index (χ3v) is 6.70. The van der Waals surface area contributed by atoms with Gasteiger partial charge in [-0.05, 0) is 75.0 Å². The van der Waals surface area contributed by atoms with Gasteiger partial charge in [-0.25, -0.2) is 0 Å². The SMILES string of the molecule is CC(C)CC1CC(C(N)CNC(=O)C(C)(C)c2ccc(Cl)cc2)CC(C)(C=O)C1. The van der Waals surface area contributed by atoms with Crippen LogP contribution < -0.4 is 11.1 Å². The van der Waals surface area contributed by atoms with Gasteiger partial charge in [0.1, 0.15) is 6.29 Å². The Morgan fingerprint density at radius 1 is 1.31 bits per heavy atom. The van der Waals surface area contributed by atoms with E-state index in [4.69, 9.17) is 17.3 Å². The molecule has 1 aliphatic rings.